The second-order valence-electron chi connectivity index (χ2n) is 9.27. The van der Waals surface area contributed by atoms with Gasteiger partial charge in [-0.2, -0.15) is 5.10 Å². The van der Waals surface area contributed by atoms with Crippen LogP contribution >= 0.6 is 0 Å². The second kappa shape index (κ2) is 7.11. The second-order valence-corrected chi connectivity index (χ2v) is 9.27. The number of hydrazone groups is 1. The highest BCUT2D eigenvalue weighted by Gasteiger charge is 2.53. The van der Waals surface area contributed by atoms with E-state index in [-0.39, 0.29) is 16.0 Å². The number of benzene rings is 2. The lowest BCUT2D eigenvalue weighted by Crippen LogP contribution is -2.42. The summed E-state index contributed by atoms with van der Waals surface area (Å²) in [6, 6.07) is 12.4. The van der Waals surface area contributed by atoms with Crippen molar-refractivity contribution in [1.82, 2.24) is 0 Å². The molecule has 0 spiro atoms. The van der Waals surface area contributed by atoms with Crippen LogP contribution in [0.3, 0.4) is 0 Å². The number of nitrogens with one attached hydrogen (secondary N) is 1. The van der Waals surface area contributed by atoms with Crippen LogP contribution in [-0.2, 0) is 6.42 Å². The van der Waals surface area contributed by atoms with E-state index >= 15 is 0 Å². The Morgan fingerprint density at radius 2 is 1.93 bits per heavy atom. The summed E-state index contributed by atoms with van der Waals surface area (Å²) in [6.45, 7) is 2.38. The van der Waals surface area contributed by atoms with Crippen molar-refractivity contribution in [2.75, 3.05) is 5.43 Å². The first-order valence-corrected chi connectivity index (χ1v) is 10.8. The van der Waals surface area contributed by atoms with Gasteiger partial charge in [-0.1, -0.05) is 13.0 Å². The van der Waals surface area contributed by atoms with Crippen LogP contribution < -0.4 is 5.43 Å². The number of nitrogens with zero attached hydrogens (tertiary/aromatic N) is 2. The van der Waals surface area contributed by atoms with E-state index in [4.69, 9.17) is 5.10 Å². The van der Waals surface area contributed by atoms with E-state index in [0.717, 1.165) is 31.4 Å². The van der Waals surface area contributed by atoms with Crippen molar-refractivity contribution < 1.29 is 10.0 Å². The molecule has 2 saturated carbocycles. The van der Waals surface area contributed by atoms with Crippen LogP contribution in [0.25, 0.3) is 0 Å². The van der Waals surface area contributed by atoms with E-state index in [0.29, 0.717) is 23.5 Å². The van der Waals surface area contributed by atoms with Gasteiger partial charge >= 0.3 is 0 Å². The molecule has 0 aliphatic heterocycles. The van der Waals surface area contributed by atoms with Crippen molar-refractivity contribution in [1.29, 1.82) is 0 Å². The number of hydrogen-bond donors (Lipinski definition) is 2. The molecular weight excluding hydrogens is 378 g/mol. The van der Waals surface area contributed by atoms with Gasteiger partial charge in [0.25, 0.3) is 5.69 Å². The predicted octanol–water partition coefficient (Wildman–Crippen LogP) is 5.62. The first kappa shape index (κ1) is 19.1. The first-order valence-electron chi connectivity index (χ1n) is 10.8. The Hall–Kier alpha value is -2.89. The van der Waals surface area contributed by atoms with Crippen LogP contribution in [0.15, 0.2) is 47.6 Å². The third-order valence-electron chi connectivity index (χ3n) is 7.85. The Labute approximate surface area is 176 Å². The van der Waals surface area contributed by atoms with Gasteiger partial charge in [0, 0.05) is 23.3 Å². The van der Waals surface area contributed by atoms with Crippen LogP contribution in [0.2, 0.25) is 0 Å². The summed E-state index contributed by atoms with van der Waals surface area (Å²) in [5.74, 6) is 2.28. The minimum absolute atomic E-state index is 0.0883. The number of nitro benzene ring substituents is 1. The number of phenolic OH excluding ortho intramolecular Hbond substituents is 1. The summed E-state index contributed by atoms with van der Waals surface area (Å²) in [5, 5.41) is 25.5. The number of anilines is 1. The Morgan fingerprint density at radius 3 is 2.70 bits per heavy atom. The lowest BCUT2D eigenvalue weighted by atomic mass is 9.55. The molecular formula is C24H27N3O3. The zero-order chi connectivity index (χ0) is 20.9. The van der Waals surface area contributed by atoms with Gasteiger partial charge in [0.2, 0.25) is 0 Å². The monoisotopic (exact) mass is 405 g/mol. The molecule has 6 heteroatoms. The number of aromatic hydroxyl groups is 1. The van der Waals surface area contributed by atoms with E-state index in [9.17, 15) is 15.2 Å². The molecule has 2 fully saturated rings. The molecule has 0 amide bonds. The fourth-order valence-electron chi connectivity index (χ4n) is 6.33. The Morgan fingerprint density at radius 1 is 1.13 bits per heavy atom. The highest BCUT2D eigenvalue weighted by Crippen LogP contribution is 2.60. The highest BCUT2D eigenvalue weighted by atomic mass is 16.6. The molecule has 3 aliphatic carbocycles. The van der Waals surface area contributed by atoms with Gasteiger partial charge in [-0.05, 0) is 91.7 Å². The minimum atomic E-state index is -0.388. The standard InChI is InChI=1S/C24H27N3O3/c1-24-13-12-20-19-9-7-18(28)14-15(19)2-8-21(20)22(24)10-11-23(24)26-25-16-3-5-17(6-4-16)27(29)30/h3-7,9,14,20-22,25,28H,2,8,10-13H2,1H3/b26-23-/t20-,21+,22+,24+/m1/s1. The quantitative estimate of drug-likeness (QED) is 0.512. The van der Waals surface area contributed by atoms with Crippen LogP contribution in [0, 0.1) is 27.4 Å². The van der Waals surface area contributed by atoms with Crippen molar-refractivity contribution in [3.8, 4) is 5.75 Å². The van der Waals surface area contributed by atoms with E-state index in [2.05, 4.69) is 18.4 Å². The molecule has 3 aliphatic rings. The lowest BCUT2D eigenvalue weighted by molar-refractivity contribution is -0.384. The molecule has 0 radical (unpaired) electrons. The van der Waals surface area contributed by atoms with Crippen LogP contribution in [0.4, 0.5) is 11.4 Å². The normalized spacial score (nSPS) is 31.0. The average Bonchev–Trinajstić information content (AvgIpc) is 3.08. The number of fused-ring (bicyclic) bond motifs is 5. The zero-order valence-corrected chi connectivity index (χ0v) is 17.2. The van der Waals surface area contributed by atoms with Crippen LogP contribution in [0.1, 0.15) is 56.1 Å². The van der Waals surface area contributed by atoms with Gasteiger partial charge in [0.05, 0.1) is 10.6 Å². The largest absolute Gasteiger partial charge is 0.508 e. The first-order chi connectivity index (χ1) is 14.5. The lowest BCUT2D eigenvalue weighted by Gasteiger charge is -2.49. The average molecular weight is 405 g/mol. The number of nitro groups is 1. The molecule has 2 N–H and O–H groups in total. The number of non-ortho nitro benzene ring substituents is 1. The van der Waals surface area contributed by atoms with Crippen molar-refractivity contribution in [2.24, 2.45) is 22.4 Å². The van der Waals surface area contributed by atoms with E-state index in [1.165, 1.54) is 41.8 Å². The minimum Gasteiger partial charge on any atom is -0.508 e. The number of phenols is 1. The SMILES string of the molecule is C[C@]12CC[C@@H]3c4ccc(O)cc4CC[C@@H]3[C@@H]1CC/C2=N/Nc1ccc([N+](=O)[O-])cc1. The molecule has 0 saturated heterocycles. The number of hydrogen-bond acceptors (Lipinski definition) is 5. The van der Waals surface area contributed by atoms with Gasteiger partial charge < -0.3 is 5.11 Å². The molecule has 2 aromatic carbocycles. The number of rotatable bonds is 3. The molecule has 2 aromatic rings. The third-order valence-corrected chi connectivity index (χ3v) is 7.85. The van der Waals surface area contributed by atoms with E-state index < -0.39 is 0 Å². The van der Waals surface area contributed by atoms with Crippen LogP contribution in [0.5, 0.6) is 5.75 Å². The highest BCUT2D eigenvalue weighted by molar-refractivity contribution is 5.93. The van der Waals surface area contributed by atoms with Crippen molar-refractivity contribution in [3.05, 3.63) is 63.7 Å². The maximum absolute atomic E-state index is 10.8. The molecule has 5 rings (SSSR count). The Kier molecular flexibility index (Phi) is 4.53. The fraction of sp³-hybridized carbons (Fsp3) is 0.458. The maximum Gasteiger partial charge on any atom is 0.269 e. The fourth-order valence-corrected chi connectivity index (χ4v) is 6.33. The molecule has 156 valence electrons. The molecule has 0 aromatic heterocycles. The van der Waals surface area contributed by atoms with Gasteiger partial charge in [0.1, 0.15) is 5.75 Å². The molecule has 6 nitrogen and oxygen atoms in total. The van der Waals surface area contributed by atoms with Crippen molar-refractivity contribution in [3.63, 3.8) is 0 Å². The Bertz CT molecular complexity index is 1020. The molecule has 0 heterocycles. The maximum atomic E-state index is 10.8. The zero-order valence-electron chi connectivity index (χ0n) is 17.2. The van der Waals surface area contributed by atoms with Crippen molar-refractivity contribution >= 4 is 17.1 Å². The molecule has 0 unspecified atom stereocenters. The Balaban J connectivity index is 1.35. The topological polar surface area (TPSA) is 87.8 Å². The summed E-state index contributed by atoms with van der Waals surface area (Å²) in [6.07, 6.45) is 6.69. The van der Waals surface area contributed by atoms with Gasteiger partial charge in [-0.25, -0.2) is 0 Å². The summed E-state index contributed by atoms with van der Waals surface area (Å²) >= 11 is 0. The summed E-state index contributed by atoms with van der Waals surface area (Å²) in [4.78, 5) is 10.4. The smallest absolute Gasteiger partial charge is 0.269 e. The molecule has 30 heavy (non-hydrogen) atoms. The van der Waals surface area contributed by atoms with Gasteiger partial charge in [-0.15, -0.1) is 0 Å². The summed E-state index contributed by atoms with van der Waals surface area (Å²) < 4.78 is 0. The predicted molar refractivity (Wildman–Crippen MR) is 117 cm³/mol. The van der Waals surface area contributed by atoms with Gasteiger partial charge in [-0.3, -0.25) is 15.5 Å². The van der Waals surface area contributed by atoms with E-state index in [1.54, 1.807) is 12.1 Å². The summed E-state index contributed by atoms with van der Waals surface area (Å²) in [7, 11) is 0. The van der Waals surface area contributed by atoms with E-state index in [1.807, 2.05) is 12.1 Å². The number of aryl methyl sites for hydroxylation is 1. The van der Waals surface area contributed by atoms with Crippen LogP contribution in [-0.4, -0.2) is 15.7 Å². The van der Waals surface area contributed by atoms with Gasteiger partial charge in [0.15, 0.2) is 0 Å². The third kappa shape index (κ3) is 3.06. The van der Waals surface area contributed by atoms with Crippen molar-refractivity contribution in [2.45, 2.75) is 51.4 Å². The molecule has 4 atom stereocenters. The summed E-state index contributed by atoms with van der Waals surface area (Å²) in [5.41, 5.74) is 8.13. The molecule has 0 bridgehead atoms.